The van der Waals surface area contributed by atoms with E-state index < -0.39 is 0 Å². The maximum Gasteiger partial charge on any atom is 0.178 e. The van der Waals surface area contributed by atoms with Crippen molar-refractivity contribution < 1.29 is 0 Å². The number of nitrogens with zero attached hydrogens (tertiary/aromatic N) is 4. The SMILES string of the molecule is CCCC(C)(CC)c1ccccc1N1c2nc(C3CCCC3)cnc2N(c2ccccc2)C1C. The summed E-state index contributed by atoms with van der Waals surface area (Å²) in [5.74, 6) is 2.50. The monoisotopic (exact) mass is 454 g/mol. The highest BCUT2D eigenvalue weighted by Gasteiger charge is 2.40. The molecule has 0 radical (unpaired) electrons. The van der Waals surface area contributed by atoms with Crippen LogP contribution in [0.5, 0.6) is 0 Å². The van der Waals surface area contributed by atoms with Crippen molar-refractivity contribution in [2.75, 3.05) is 9.80 Å². The average Bonchev–Trinajstić information content (AvgIpc) is 3.50. The summed E-state index contributed by atoms with van der Waals surface area (Å²) in [5, 5.41) is 0. The van der Waals surface area contributed by atoms with Crippen molar-refractivity contribution in [1.82, 2.24) is 9.97 Å². The van der Waals surface area contributed by atoms with E-state index in [1.54, 1.807) is 0 Å². The Kier molecular flexibility index (Phi) is 6.33. The molecular weight excluding hydrogens is 416 g/mol. The summed E-state index contributed by atoms with van der Waals surface area (Å²) in [5.41, 5.74) is 5.13. The predicted octanol–water partition coefficient (Wildman–Crippen LogP) is 8.24. The highest BCUT2D eigenvalue weighted by molar-refractivity contribution is 5.84. The van der Waals surface area contributed by atoms with E-state index in [4.69, 9.17) is 9.97 Å². The zero-order valence-corrected chi connectivity index (χ0v) is 21.2. The molecule has 2 unspecified atom stereocenters. The molecule has 4 heteroatoms. The molecular formula is C30H38N4. The second-order valence-corrected chi connectivity index (χ2v) is 10.3. The summed E-state index contributed by atoms with van der Waals surface area (Å²) < 4.78 is 0. The Morgan fingerprint density at radius 2 is 1.62 bits per heavy atom. The highest BCUT2D eigenvalue weighted by atomic mass is 15.5. The van der Waals surface area contributed by atoms with Crippen LogP contribution in [0.3, 0.4) is 0 Å². The van der Waals surface area contributed by atoms with Gasteiger partial charge in [0.05, 0.1) is 11.9 Å². The van der Waals surface area contributed by atoms with Crippen molar-refractivity contribution in [3.05, 3.63) is 72.1 Å². The van der Waals surface area contributed by atoms with Crippen molar-refractivity contribution in [2.45, 2.75) is 90.1 Å². The van der Waals surface area contributed by atoms with Crippen molar-refractivity contribution in [3.8, 4) is 0 Å². The van der Waals surface area contributed by atoms with Crippen LogP contribution in [0, 0.1) is 0 Å². The van der Waals surface area contributed by atoms with Crippen molar-refractivity contribution in [3.63, 3.8) is 0 Å². The van der Waals surface area contributed by atoms with E-state index >= 15 is 0 Å². The lowest BCUT2D eigenvalue weighted by Crippen LogP contribution is -2.37. The minimum Gasteiger partial charge on any atom is -0.302 e. The summed E-state index contributed by atoms with van der Waals surface area (Å²) >= 11 is 0. The molecule has 2 atom stereocenters. The molecule has 1 aromatic heterocycles. The largest absolute Gasteiger partial charge is 0.302 e. The molecule has 0 N–H and O–H groups in total. The molecule has 0 bridgehead atoms. The van der Waals surface area contributed by atoms with Crippen LogP contribution in [0.4, 0.5) is 23.0 Å². The Bertz CT molecular complexity index is 1120. The minimum absolute atomic E-state index is 0.0834. The molecule has 2 aromatic carbocycles. The first-order chi connectivity index (χ1) is 16.6. The van der Waals surface area contributed by atoms with Gasteiger partial charge in [0.2, 0.25) is 0 Å². The van der Waals surface area contributed by atoms with Gasteiger partial charge in [-0.2, -0.15) is 0 Å². The van der Waals surface area contributed by atoms with Crippen molar-refractivity contribution in [2.24, 2.45) is 0 Å². The van der Waals surface area contributed by atoms with Crippen LogP contribution < -0.4 is 9.80 Å². The summed E-state index contributed by atoms with van der Waals surface area (Å²) in [4.78, 5) is 15.2. The number of rotatable bonds is 7. The van der Waals surface area contributed by atoms with Gasteiger partial charge >= 0.3 is 0 Å². The van der Waals surface area contributed by atoms with Gasteiger partial charge in [-0.3, -0.25) is 0 Å². The Hall–Kier alpha value is -2.88. The van der Waals surface area contributed by atoms with Crippen LogP contribution in [0.25, 0.3) is 0 Å². The number of anilines is 4. The fourth-order valence-corrected chi connectivity index (χ4v) is 6.10. The predicted molar refractivity (Wildman–Crippen MR) is 142 cm³/mol. The maximum atomic E-state index is 5.34. The maximum absolute atomic E-state index is 5.34. The van der Waals surface area contributed by atoms with Crippen LogP contribution in [-0.4, -0.2) is 16.1 Å². The lowest BCUT2D eigenvalue weighted by molar-refractivity contribution is 0.414. The Morgan fingerprint density at radius 1 is 0.912 bits per heavy atom. The normalized spacial score (nSPS) is 19.9. The summed E-state index contributed by atoms with van der Waals surface area (Å²) in [6.07, 6.45) is 10.6. The number of para-hydroxylation sites is 2. The smallest absolute Gasteiger partial charge is 0.178 e. The highest BCUT2D eigenvalue weighted by Crippen LogP contribution is 2.49. The minimum atomic E-state index is 0.0834. The second kappa shape index (κ2) is 9.40. The van der Waals surface area contributed by atoms with Gasteiger partial charge in [0.1, 0.15) is 6.17 Å². The number of fused-ring (bicyclic) bond motifs is 1. The molecule has 178 valence electrons. The van der Waals surface area contributed by atoms with E-state index in [1.807, 2.05) is 6.20 Å². The van der Waals surface area contributed by atoms with E-state index in [0.29, 0.717) is 5.92 Å². The molecule has 1 fully saturated rings. The van der Waals surface area contributed by atoms with Crippen molar-refractivity contribution >= 4 is 23.0 Å². The van der Waals surface area contributed by atoms with Crippen LogP contribution >= 0.6 is 0 Å². The van der Waals surface area contributed by atoms with Gasteiger partial charge in [0.25, 0.3) is 0 Å². The molecule has 2 aliphatic rings. The van der Waals surface area contributed by atoms with Gasteiger partial charge in [-0.05, 0) is 61.8 Å². The van der Waals surface area contributed by atoms with Gasteiger partial charge in [-0.1, -0.05) is 76.4 Å². The fourth-order valence-electron chi connectivity index (χ4n) is 6.10. The van der Waals surface area contributed by atoms with Gasteiger partial charge in [-0.25, -0.2) is 9.97 Å². The van der Waals surface area contributed by atoms with Gasteiger partial charge in [-0.15, -0.1) is 0 Å². The number of benzene rings is 2. The lowest BCUT2D eigenvalue weighted by Gasteiger charge is -2.36. The average molecular weight is 455 g/mol. The van der Waals surface area contributed by atoms with Crippen LogP contribution in [0.1, 0.15) is 89.8 Å². The summed E-state index contributed by atoms with van der Waals surface area (Å²) in [6.45, 7) is 9.32. The fraction of sp³-hybridized carbons (Fsp3) is 0.467. The molecule has 0 spiro atoms. The molecule has 0 amide bonds. The Balaban J connectivity index is 1.68. The molecule has 5 rings (SSSR count). The topological polar surface area (TPSA) is 32.3 Å². The zero-order valence-electron chi connectivity index (χ0n) is 21.2. The van der Waals surface area contributed by atoms with Crippen LogP contribution in [0.15, 0.2) is 60.8 Å². The van der Waals surface area contributed by atoms with Gasteiger partial charge < -0.3 is 9.80 Å². The quantitative estimate of drug-likeness (QED) is 0.360. The molecule has 1 saturated carbocycles. The Labute approximate surface area is 205 Å². The van der Waals surface area contributed by atoms with Gasteiger partial charge in [0.15, 0.2) is 11.6 Å². The first-order valence-electron chi connectivity index (χ1n) is 13.2. The number of hydrogen-bond donors (Lipinski definition) is 0. The number of aromatic nitrogens is 2. The Morgan fingerprint density at radius 3 is 2.32 bits per heavy atom. The molecule has 34 heavy (non-hydrogen) atoms. The van der Waals surface area contributed by atoms with E-state index in [2.05, 4.69) is 92.1 Å². The lowest BCUT2D eigenvalue weighted by atomic mass is 9.75. The van der Waals surface area contributed by atoms with E-state index in [1.165, 1.54) is 49.8 Å². The molecule has 1 aliphatic heterocycles. The third-order valence-corrected chi connectivity index (χ3v) is 8.16. The standard InChI is InChI=1S/C30H38N4/c1-5-20-30(4,6-2)25-18-12-13-19-27(25)34-22(3)33(24-16-8-7-9-17-24)28-29(34)32-26(21-31-28)23-14-10-11-15-23/h7-9,12-13,16-19,21-23H,5-6,10-11,14-15,20H2,1-4H3. The van der Waals surface area contributed by atoms with E-state index in [9.17, 15) is 0 Å². The van der Waals surface area contributed by atoms with Crippen LogP contribution in [0.2, 0.25) is 0 Å². The molecule has 2 heterocycles. The number of hydrogen-bond acceptors (Lipinski definition) is 4. The van der Waals surface area contributed by atoms with Crippen LogP contribution in [-0.2, 0) is 5.41 Å². The molecule has 0 saturated heterocycles. The van der Waals surface area contributed by atoms with Gasteiger partial charge in [0, 0.05) is 17.3 Å². The molecule has 4 nitrogen and oxygen atoms in total. The molecule has 3 aromatic rings. The second-order valence-electron chi connectivity index (χ2n) is 10.3. The first-order valence-corrected chi connectivity index (χ1v) is 13.2. The first kappa shape index (κ1) is 22.9. The van der Waals surface area contributed by atoms with E-state index in [-0.39, 0.29) is 11.6 Å². The third-order valence-electron chi connectivity index (χ3n) is 8.16. The summed E-state index contributed by atoms with van der Waals surface area (Å²) in [7, 11) is 0. The van der Waals surface area contributed by atoms with Crippen molar-refractivity contribution in [1.29, 1.82) is 0 Å². The summed E-state index contributed by atoms with van der Waals surface area (Å²) in [6, 6.07) is 19.6. The third kappa shape index (κ3) is 3.87. The zero-order chi connectivity index (χ0) is 23.7. The van der Waals surface area contributed by atoms with E-state index in [0.717, 1.165) is 29.4 Å². The molecule has 1 aliphatic carbocycles.